The molecule has 0 aliphatic heterocycles. The van der Waals surface area contributed by atoms with Crippen molar-refractivity contribution in [3.8, 4) is 0 Å². The van der Waals surface area contributed by atoms with E-state index in [2.05, 4.69) is 15.3 Å². The van der Waals surface area contributed by atoms with E-state index in [1.807, 2.05) is 6.92 Å². The standard InChI is InChI=1S/C13H13ClFN3/c1-8-6-18-12(7-17-8)13(16-2)10-5-9(15)3-4-11(10)14/h3-7,13,16H,1-2H3. The van der Waals surface area contributed by atoms with Crippen molar-refractivity contribution in [2.45, 2.75) is 13.0 Å². The molecule has 2 aromatic rings. The van der Waals surface area contributed by atoms with Crippen LogP contribution in [-0.4, -0.2) is 17.0 Å². The minimum atomic E-state index is -0.324. The third-order valence-electron chi connectivity index (χ3n) is 2.65. The van der Waals surface area contributed by atoms with E-state index in [0.29, 0.717) is 16.3 Å². The molecule has 1 heterocycles. The maximum absolute atomic E-state index is 13.3. The molecule has 0 amide bonds. The number of aryl methyl sites for hydroxylation is 1. The van der Waals surface area contributed by atoms with Crippen molar-refractivity contribution in [3.63, 3.8) is 0 Å². The van der Waals surface area contributed by atoms with Gasteiger partial charge >= 0.3 is 0 Å². The minimum Gasteiger partial charge on any atom is -0.308 e. The van der Waals surface area contributed by atoms with Gasteiger partial charge in [0, 0.05) is 11.2 Å². The zero-order valence-electron chi connectivity index (χ0n) is 10.1. The molecular weight excluding hydrogens is 253 g/mol. The van der Waals surface area contributed by atoms with Gasteiger partial charge in [0.15, 0.2) is 0 Å². The second-order valence-electron chi connectivity index (χ2n) is 3.97. The Kier molecular flexibility index (Phi) is 3.89. The lowest BCUT2D eigenvalue weighted by Gasteiger charge is -2.17. The molecule has 0 aliphatic rings. The summed E-state index contributed by atoms with van der Waals surface area (Å²) in [5.74, 6) is -0.324. The van der Waals surface area contributed by atoms with Gasteiger partial charge in [-0.3, -0.25) is 9.97 Å². The van der Waals surface area contributed by atoms with Gasteiger partial charge in [0.1, 0.15) is 5.82 Å². The zero-order valence-corrected chi connectivity index (χ0v) is 10.9. The molecule has 1 atom stereocenters. The fraction of sp³-hybridized carbons (Fsp3) is 0.231. The van der Waals surface area contributed by atoms with Crippen LogP contribution < -0.4 is 5.32 Å². The summed E-state index contributed by atoms with van der Waals surface area (Å²) in [4.78, 5) is 8.48. The number of rotatable bonds is 3. The van der Waals surface area contributed by atoms with Crippen LogP contribution in [0, 0.1) is 12.7 Å². The van der Waals surface area contributed by atoms with E-state index in [1.54, 1.807) is 19.4 Å². The lowest BCUT2D eigenvalue weighted by molar-refractivity contribution is 0.613. The highest BCUT2D eigenvalue weighted by Gasteiger charge is 2.17. The first-order valence-electron chi connectivity index (χ1n) is 5.52. The fourth-order valence-corrected chi connectivity index (χ4v) is 1.98. The van der Waals surface area contributed by atoms with Crippen LogP contribution in [0.3, 0.4) is 0 Å². The first-order valence-corrected chi connectivity index (χ1v) is 5.90. The zero-order chi connectivity index (χ0) is 13.1. The molecule has 1 aromatic carbocycles. The van der Waals surface area contributed by atoms with Crippen molar-refractivity contribution < 1.29 is 4.39 Å². The van der Waals surface area contributed by atoms with Gasteiger partial charge in [-0.15, -0.1) is 0 Å². The highest BCUT2D eigenvalue weighted by atomic mass is 35.5. The van der Waals surface area contributed by atoms with Crippen LogP contribution in [-0.2, 0) is 0 Å². The summed E-state index contributed by atoms with van der Waals surface area (Å²) in [5, 5.41) is 3.57. The molecule has 3 nitrogen and oxygen atoms in total. The molecule has 0 saturated heterocycles. The monoisotopic (exact) mass is 265 g/mol. The summed E-state index contributed by atoms with van der Waals surface area (Å²) >= 11 is 6.10. The Morgan fingerprint density at radius 3 is 2.67 bits per heavy atom. The van der Waals surface area contributed by atoms with E-state index in [-0.39, 0.29) is 11.9 Å². The summed E-state index contributed by atoms with van der Waals surface area (Å²) in [7, 11) is 1.77. The van der Waals surface area contributed by atoms with Crippen molar-refractivity contribution in [2.24, 2.45) is 0 Å². The fourth-order valence-electron chi connectivity index (χ4n) is 1.75. The maximum Gasteiger partial charge on any atom is 0.123 e. The van der Waals surface area contributed by atoms with Crippen molar-refractivity contribution >= 4 is 11.6 Å². The lowest BCUT2D eigenvalue weighted by Crippen LogP contribution is -2.19. The predicted molar refractivity (Wildman–Crippen MR) is 69.1 cm³/mol. The highest BCUT2D eigenvalue weighted by Crippen LogP contribution is 2.27. The first-order chi connectivity index (χ1) is 8.61. The highest BCUT2D eigenvalue weighted by molar-refractivity contribution is 6.31. The molecule has 0 saturated carbocycles. The van der Waals surface area contributed by atoms with Gasteiger partial charge in [-0.2, -0.15) is 0 Å². The van der Waals surface area contributed by atoms with Gasteiger partial charge in [0.25, 0.3) is 0 Å². The molecule has 94 valence electrons. The van der Waals surface area contributed by atoms with E-state index in [1.165, 1.54) is 18.2 Å². The second kappa shape index (κ2) is 5.42. The van der Waals surface area contributed by atoms with Crippen molar-refractivity contribution in [3.05, 3.63) is 58.4 Å². The molecule has 2 rings (SSSR count). The Balaban J connectivity index is 2.44. The maximum atomic E-state index is 13.3. The number of aromatic nitrogens is 2. The summed E-state index contributed by atoms with van der Waals surface area (Å²) in [6.45, 7) is 1.86. The van der Waals surface area contributed by atoms with Gasteiger partial charge in [0.2, 0.25) is 0 Å². The minimum absolute atomic E-state index is 0.277. The molecule has 0 spiro atoms. The van der Waals surface area contributed by atoms with Gasteiger partial charge in [-0.25, -0.2) is 4.39 Å². The van der Waals surface area contributed by atoms with E-state index >= 15 is 0 Å². The third-order valence-corrected chi connectivity index (χ3v) is 3.00. The van der Waals surface area contributed by atoms with E-state index in [0.717, 1.165) is 5.69 Å². The van der Waals surface area contributed by atoms with Crippen molar-refractivity contribution in [1.29, 1.82) is 0 Å². The third kappa shape index (κ3) is 2.66. The number of hydrogen-bond donors (Lipinski definition) is 1. The Bertz CT molecular complexity index is 542. The molecule has 1 N–H and O–H groups in total. The summed E-state index contributed by atoms with van der Waals surface area (Å²) in [6, 6.07) is 4.00. The molecule has 0 fully saturated rings. The molecule has 1 unspecified atom stereocenters. The average molecular weight is 266 g/mol. The van der Waals surface area contributed by atoms with Crippen molar-refractivity contribution in [2.75, 3.05) is 7.05 Å². The Labute approximate surface area is 110 Å². The topological polar surface area (TPSA) is 37.8 Å². The van der Waals surface area contributed by atoms with E-state index < -0.39 is 0 Å². The van der Waals surface area contributed by atoms with Crippen LogP contribution in [0.2, 0.25) is 5.02 Å². The molecule has 5 heteroatoms. The van der Waals surface area contributed by atoms with Crippen LogP contribution in [0.1, 0.15) is 23.0 Å². The Morgan fingerprint density at radius 1 is 1.28 bits per heavy atom. The van der Waals surface area contributed by atoms with Gasteiger partial charge in [0.05, 0.1) is 23.6 Å². The SMILES string of the molecule is CNC(c1cnc(C)cn1)c1cc(F)ccc1Cl. The quantitative estimate of drug-likeness (QED) is 0.927. The number of nitrogens with one attached hydrogen (secondary N) is 1. The molecule has 0 bridgehead atoms. The van der Waals surface area contributed by atoms with Gasteiger partial charge in [-0.1, -0.05) is 11.6 Å². The van der Waals surface area contributed by atoms with Crippen LogP contribution in [0.4, 0.5) is 4.39 Å². The second-order valence-corrected chi connectivity index (χ2v) is 4.38. The number of nitrogens with zero attached hydrogens (tertiary/aromatic N) is 2. The molecular formula is C13H13ClFN3. The average Bonchev–Trinajstić information content (AvgIpc) is 2.37. The van der Waals surface area contributed by atoms with Crippen LogP contribution in [0.5, 0.6) is 0 Å². The summed E-state index contributed by atoms with van der Waals surface area (Å²) in [6.07, 6.45) is 3.34. The predicted octanol–water partition coefficient (Wildman–Crippen LogP) is 2.89. The smallest absolute Gasteiger partial charge is 0.123 e. The lowest BCUT2D eigenvalue weighted by atomic mass is 10.0. The molecule has 18 heavy (non-hydrogen) atoms. The number of benzene rings is 1. The number of halogens is 2. The largest absolute Gasteiger partial charge is 0.308 e. The number of hydrogen-bond acceptors (Lipinski definition) is 3. The van der Waals surface area contributed by atoms with E-state index in [4.69, 9.17) is 11.6 Å². The van der Waals surface area contributed by atoms with Crippen molar-refractivity contribution in [1.82, 2.24) is 15.3 Å². The molecule has 0 aliphatic carbocycles. The van der Waals surface area contributed by atoms with Gasteiger partial charge in [-0.05, 0) is 37.7 Å². The Hall–Kier alpha value is -1.52. The first kappa shape index (κ1) is 12.9. The van der Waals surface area contributed by atoms with Crippen LogP contribution >= 0.6 is 11.6 Å². The molecule has 0 radical (unpaired) electrons. The molecule has 1 aromatic heterocycles. The summed E-state index contributed by atoms with van der Waals surface area (Å²) < 4.78 is 13.3. The Morgan fingerprint density at radius 2 is 2.06 bits per heavy atom. The summed E-state index contributed by atoms with van der Waals surface area (Å²) in [5.41, 5.74) is 2.19. The van der Waals surface area contributed by atoms with Crippen LogP contribution in [0.25, 0.3) is 0 Å². The normalized spacial score (nSPS) is 12.4. The van der Waals surface area contributed by atoms with E-state index in [9.17, 15) is 4.39 Å². The van der Waals surface area contributed by atoms with Crippen LogP contribution in [0.15, 0.2) is 30.6 Å². The van der Waals surface area contributed by atoms with Gasteiger partial charge < -0.3 is 5.32 Å².